The van der Waals surface area contributed by atoms with Crippen molar-refractivity contribution in [2.24, 2.45) is 0 Å². The van der Waals surface area contributed by atoms with Gasteiger partial charge in [-0.25, -0.2) is 4.79 Å². The zero-order valence-electron chi connectivity index (χ0n) is 9.12. The number of hydrogen-bond donors (Lipinski definition) is 4. The number of carbonyl (C=O) groups is 3. The Morgan fingerprint density at radius 2 is 2.29 bits per heavy atom. The number of imide groups is 1. The van der Waals surface area contributed by atoms with E-state index in [4.69, 9.17) is 0 Å². The molecule has 0 saturated carbocycles. The van der Waals surface area contributed by atoms with E-state index in [2.05, 4.69) is 21.3 Å². The third-order valence-corrected chi connectivity index (χ3v) is 3.56. The van der Waals surface area contributed by atoms with Gasteiger partial charge in [0.25, 0.3) is 5.91 Å². The second kappa shape index (κ2) is 5.37. The van der Waals surface area contributed by atoms with Gasteiger partial charge in [0.2, 0.25) is 5.91 Å². The van der Waals surface area contributed by atoms with Gasteiger partial charge in [-0.05, 0) is 6.42 Å². The first-order valence-corrected chi connectivity index (χ1v) is 6.52. The van der Waals surface area contributed by atoms with Crippen LogP contribution in [0.15, 0.2) is 0 Å². The highest BCUT2D eigenvalue weighted by atomic mass is 32.2. The summed E-state index contributed by atoms with van der Waals surface area (Å²) in [4.78, 5) is 33.6. The van der Waals surface area contributed by atoms with Crippen molar-refractivity contribution in [2.45, 2.75) is 18.5 Å². The van der Waals surface area contributed by atoms with E-state index in [0.29, 0.717) is 13.0 Å². The van der Waals surface area contributed by atoms with Crippen LogP contribution in [-0.2, 0) is 9.59 Å². The molecule has 0 aromatic carbocycles. The molecule has 0 radical (unpaired) electrons. The van der Waals surface area contributed by atoms with E-state index in [1.165, 1.54) is 0 Å². The second-order valence-corrected chi connectivity index (χ2v) is 4.90. The molecule has 2 atom stereocenters. The SMILES string of the molecule is O=C1NC(=O)C(CCNC(=O)C2CSCN2)N1. The third kappa shape index (κ3) is 3.10. The average molecular weight is 258 g/mol. The van der Waals surface area contributed by atoms with Crippen LogP contribution in [0.3, 0.4) is 0 Å². The van der Waals surface area contributed by atoms with Crippen LogP contribution in [0.25, 0.3) is 0 Å². The quantitative estimate of drug-likeness (QED) is 0.453. The molecule has 0 spiro atoms. The fraction of sp³-hybridized carbons (Fsp3) is 0.667. The molecule has 2 saturated heterocycles. The minimum atomic E-state index is -0.534. The first-order valence-electron chi connectivity index (χ1n) is 5.37. The van der Waals surface area contributed by atoms with E-state index in [0.717, 1.165) is 11.6 Å². The lowest BCUT2D eigenvalue weighted by Gasteiger charge is -2.11. The molecular formula is C9H14N4O3S. The van der Waals surface area contributed by atoms with Gasteiger partial charge in [-0.3, -0.25) is 20.2 Å². The zero-order valence-corrected chi connectivity index (χ0v) is 9.93. The van der Waals surface area contributed by atoms with Crippen molar-refractivity contribution in [1.29, 1.82) is 0 Å². The van der Waals surface area contributed by atoms with Gasteiger partial charge in [0.15, 0.2) is 0 Å². The Labute approximate surface area is 102 Å². The van der Waals surface area contributed by atoms with E-state index in [1.54, 1.807) is 11.8 Å². The van der Waals surface area contributed by atoms with Crippen molar-refractivity contribution in [2.75, 3.05) is 18.2 Å². The summed E-state index contributed by atoms with van der Waals surface area (Å²) in [5, 5.41) is 10.4. The van der Waals surface area contributed by atoms with Crippen molar-refractivity contribution in [3.63, 3.8) is 0 Å². The smallest absolute Gasteiger partial charge is 0.322 e. The maximum Gasteiger partial charge on any atom is 0.322 e. The standard InChI is InChI=1S/C9H14N4O3S/c14-7(6-3-17-4-11-6)10-2-1-5-8(15)13-9(16)12-5/h5-6,11H,1-4H2,(H,10,14)(H2,12,13,15,16). The molecule has 94 valence electrons. The van der Waals surface area contributed by atoms with Crippen LogP contribution in [0.1, 0.15) is 6.42 Å². The monoisotopic (exact) mass is 258 g/mol. The normalized spacial score (nSPS) is 27.8. The summed E-state index contributed by atoms with van der Waals surface area (Å²) < 4.78 is 0. The van der Waals surface area contributed by atoms with E-state index < -0.39 is 12.1 Å². The summed E-state index contributed by atoms with van der Waals surface area (Å²) >= 11 is 1.68. The number of amides is 4. The first kappa shape index (κ1) is 12.2. The lowest BCUT2D eigenvalue weighted by Crippen LogP contribution is -2.43. The summed E-state index contributed by atoms with van der Waals surface area (Å²) in [5.41, 5.74) is 0. The Morgan fingerprint density at radius 1 is 1.47 bits per heavy atom. The molecule has 0 aromatic rings. The lowest BCUT2D eigenvalue weighted by molar-refractivity contribution is -0.123. The molecule has 8 heteroatoms. The van der Waals surface area contributed by atoms with Gasteiger partial charge in [0.1, 0.15) is 6.04 Å². The lowest BCUT2D eigenvalue weighted by atomic mass is 10.2. The number of rotatable bonds is 4. The summed E-state index contributed by atoms with van der Waals surface area (Å²) in [6.07, 6.45) is 0.406. The Morgan fingerprint density at radius 3 is 2.88 bits per heavy atom. The molecule has 0 aromatic heterocycles. The van der Waals surface area contributed by atoms with Gasteiger partial charge >= 0.3 is 6.03 Å². The fourth-order valence-electron chi connectivity index (χ4n) is 1.69. The summed E-state index contributed by atoms with van der Waals surface area (Å²) in [6, 6.07) is -1.15. The fourth-order valence-corrected chi connectivity index (χ4v) is 2.63. The van der Waals surface area contributed by atoms with Crippen LogP contribution in [0.5, 0.6) is 0 Å². The number of carbonyl (C=O) groups excluding carboxylic acids is 3. The van der Waals surface area contributed by atoms with Crippen LogP contribution in [0.2, 0.25) is 0 Å². The van der Waals surface area contributed by atoms with Gasteiger partial charge in [0.05, 0.1) is 6.04 Å². The molecule has 7 nitrogen and oxygen atoms in total. The molecular weight excluding hydrogens is 244 g/mol. The maximum atomic E-state index is 11.6. The summed E-state index contributed by atoms with van der Waals surface area (Å²) in [5.74, 6) is 1.17. The number of hydrogen-bond acceptors (Lipinski definition) is 5. The van der Waals surface area contributed by atoms with Crippen molar-refractivity contribution in [1.82, 2.24) is 21.3 Å². The molecule has 2 unspecified atom stereocenters. The predicted molar refractivity (Wildman–Crippen MR) is 62.3 cm³/mol. The van der Waals surface area contributed by atoms with E-state index in [9.17, 15) is 14.4 Å². The van der Waals surface area contributed by atoms with Crippen LogP contribution in [0, 0.1) is 0 Å². The molecule has 0 aliphatic carbocycles. The van der Waals surface area contributed by atoms with Gasteiger partial charge in [-0.1, -0.05) is 0 Å². The Bertz CT molecular complexity index is 343. The Kier molecular flexibility index (Phi) is 3.85. The van der Waals surface area contributed by atoms with Gasteiger partial charge in [0, 0.05) is 18.2 Å². The summed E-state index contributed by atoms with van der Waals surface area (Å²) in [6.45, 7) is 0.375. The molecule has 2 heterocycles. The van der Waals surface area contributed by atoms with E-state index in [-0.39, 0.29) is 17.9 Å². The minimum absolute atomic E-state index is 0.0558. The molecule has 2 fully saturated rings. The van der Waals surface area contributed by atoms with Gasteiger partial charge in [-0.15, -0.1) is 11.8 Å². The predicted octanol–water partition coefficient (Wildman–Crippen LogP) is -1.64. The Balaban J connectivity index is 1.67. The minimum Gasteiger partial charge on any atom is -0.355 e. The van der Waals surface area contributed by atoms with Crippen LogP contribution in [0.4, 0.5) is 4.79 Å². The highest BCUT2D eigenvalue weighted by molar-refractivity contribution is 7.99. The number of nitrogens with one attached hydrogen (secondary N) is 4. The van der Waals surface area contributed by atoms with Crippen molar-refractivity contribution in [3.05, 3.63) is 0 Å². The highest BCUT2D eigenvalue weighted by Gasteiger charge is 2.29. The molecule has 4 amide bonds. The first-order chi connectivity index (χ1) is 8.16. The van der Waals surface area contributed by atoms with Crippen molar-refractivity contribution in [3.8, 4) is 0 Å². The largest absolute Gasteiger partial charge is 0.355 e. The van der Waals surface area contributed by atoms with Crippen LogP contribution in [-0.4, -0.2) is 48.1 Å². The van der Waals surface area contributed by atoms with E-state index >= 15 is 0 Å². The van der Waals surface area contributed by atoms with Crippen LogP contribution < -0.4 is 21.3 Å². The molecule has 2 aliphatic rings. The van der Waals surface area contributed by atoms with Gasteiger partial charge < -0.3 is 10.6 Å². The van der Waals surface area contributed by atoms with E-state index in [1.807, 2.05) is 0 Å². The zero-order chi connectivity index (χ0) is 12.3. The molecule has 4 N–H and O–H groups in total. The van der Waals surface area contributed by atoms with Crippen molar-refractivity contribution < 1.29 is 14.4 Å². The molecule has 17 heavy (non-hydrogen) atoms. The number of thioether (sulfide) groups is 1. The van der Waals surface area contributed by atoms with Crippen molar-refractivity contribution >= 4 is 29.6 Å². The third-order valence-electron chi connectivity index (χ3n) is 2.62. The topological polar surface area (TPSA) is 99.3 Å². The highest BCUT2D eigenvalue weighted by Crippen LogP contribution is 2.09. The molecule has 2 aliphatic heterocycles. The summed E-state index contributed by atoms with van der Waals surface area (Å²) in [7, 11) is 0. The molecule has 0 bridgehead atoms. The van der Waals surface area contributed by atoms with Gasteiger partial charge in [-0.2, -0.15) is 0 Å². The van der Waals surface area contributed by atoms with Crippen LogP contribution >= 0.6 is 11.8 Å². The average Bonchev–Trinajstić information content (AvgIpc) is 2.89. The maximum absolute atomic E-state index is 11.6. The Hall–Kier alpha value is -1.28. The number of urea groups is 1. The second-order valence-electron chi connectivity index (χ2n) is 3.87. The molecule has 2 rings (SSSR count).